The lowest BCUT2D eigenvalue weighted by Crippen LogP contribution is -2.15. The molecule has 0 aliphatic carbocycles. The van der Waals surface area contributed by atoms with Crippen LogP contribution in [0.25, 0.3) is 0 Å². The van der Waals surface area contributed by atoms with Crippen LogP contribution in [0.1, 0.15) is 31.2 Å². The normalized spacial score (nSPS) is 19.9. The first-order chi connectivity index (χ1) is 6.72. The van der Waals surface area contributed by atoms with Gasteiger partial charge in [-0.1, -0.05) is 29.3 Å². The summed E-state index contributed by atoms with van der Waals surface area (Å²) in [6, 6.07) is 6.62. The molecule has 0 spiro atoms. The highest BCUT2D eigenvalue weighted by molar-refractivity contribution is 9.10. The average molecular weight is 254 g/mol. The SMILES string of the molecule is CCCC1CN(C)c2ccc(Br)cc21. The molecule has 0 fully saturated rings. The van der Waals surface area contributed by atoms with E-state index >= 15 is 0 Å². The molecular formula is C12H16BrN. The van der Waals surface area contributed by atoms with Crippen LogP contribution in [0.15, 0.2) is 22.7 Å². The molecule has 1 nitrogen and oxygen atoms in total. The topological polar surface area (TPSA) is 3.24 Å². The highest BCUT2D eigenvalue weighted by atomic mass is 79.9. The smallest absolute Gasteiger partial charge is 0.0400 e. The highest BCUT2D eigenvalue weighted by Crippen LogP contribution is 2.39. The Labute approximate surface area is 94.2 Å². The molecule has 1 atom stereocenters. The minimum absolute atomic E-state index is 0.734. The van der Waals surface area contributed by atoms with E-state index in [9.17, 15) is 0 Å². The molecule has 2 rings (SSSR count). The number of nitrogens with zero attached hydrogens (tertiary/aromatic N) is 1. The molecule has 1 aromatic carbocycles. The molecular weight excluding hydrogens is 238 g/mol. The van der Waals surface area contributed by atoms with E-state index in [1.54, 1.807) is 0 Å². The summed E-state index contributed by atoms with van der Waals surface area (Å²) in [5.41, 5.74) is 2.93. The standard InChI is InChI=1S/C12H16BrN/c1-3-4-9-8-14(2)12-6-5-10(13)7-11(9)12/h5-7,9H,3-4,8H2,1-2H3. The Bertz CT molecular complexity index is 335. The van der Waals surface area contributed by atoms with Crippen molar-refractivity contribution in [2.45, 2.75) is 25.7 Å². The summed E-state index contributed by atoms with van der Waals surface area (Å²) in [5, 5.41) is 0. The zero-order chi connectivity index (χ0) is 10.1. The van der Waals surface area contributed by atoms with Crippen molar-refractivity contribution in [1.29, 1.82) is 0 Å². The van der Waals surface area contributed by atoms with E-state index < -0.39 is 0 Å². The van der Waals surface area contributed by atoms with Crippen LogP contribution in [0.2, 0.25) is 0 Å². The number of fused-ring (bicyclic) bond motifs is 1. The van der Waals surface area contributed by atoms with Crippen molar-refractivity contribution in [1.82, 2.24) is 0 Å². The molecule has 1 heterocycles. The number of anilines is 1. The van der Waals surface area contributed by atoms with Crippen LogP contribution in [0.5, 0.6) is 0 Å². The molecule has 0 radical (unpaired) electrons. The summed E-state index contributed by atoms with van der Waals surface area (Å²) in [7, 11) is 2.18. The Kier molecular flexibility index (Phi) is 2.82. The molecule has 14 heavy (non-hydrogen) atoms. The third-order valence-electron chi connectivity index (χ3n) is 2.97. The van der Waals surface area contributed by atoms with E-state index in [1.165, 1.54) is 35.1 Å². The Morgan fingerprint density at radius 3 is 3.00 bits per heavy atom. The van der Waals surface area contributed by atoms with Crippen molar-refractivity contribution in [3.05, 3.63) is 28.2 Å². The number of benzene rings is 1. The average Bonchev–Trinajstić information content (AvgIpc) is 2.44. The highest BCUT2D eigenvalue weighted by Gasteiger charge is 2.25. The fourth-order valence-electron chi connectivity index (χ4n) is 2.32. The Hall–Kier alpha value is -0.500. The lowest BCUT2D eigenvalue weighted by Gasteiger charge is -2.11. The maximum atomic E-state index is 3.54. The minimum Gasteiger partial charge on any atom is -0.374 e. The number of hydrogen-bond donors (Lipinski definition) is 0. The lowest BCUT2D eigenvalue weighted by molar-refractivity contribution is 0.640. The minimum atomic E-state index is 0.734. The van der Waals surface area contributed by atoms with E-state index in [4.69, 9.17) is 0 Å². The lowest BCUT2D eigenvalue weighted by atomic mass is 9.97. The van der Waals surface area contributed by atoms with Crippen molar-refractivity contribution < 1.29 is 0 Å². The number of rotatable bonds is 2. The van der Waals surface area contributed by atoms with Crippen molar-refractivity contribution in [2.75, 3.05) is 18.5 Å². The quantitative estimate of drug-likeness (QED) is 0.776. The van der Waals surface area contributed by atoms with Crippen LogP contribution in [0.4, 0.5) is 5.69 Å². The second-order valence-corrected chi connectivity index (χ2v) is 4.98. The van der Waals surface area contributed by atoms with Gasteiger partial charge in [-0.3, -0.25) is 0 Å². The first-order valence-electron chi connectivity index (χ1n) is 5.23. The van der Waals surface area contributed by atoms with Gasteiger partial charge in [0.25, 0.3) is 0 Å². The maximum absolute atomic E-state index is 3.54. The molecule has 0 bridgehead atoms. The van der Waals surface area contributed by atoms with Gasteiger partial charge in [-0.15, -0.1) is 0 Å². The molecule has 0 amide bonds. The zero-order valence-electron chi connectivity index (χ0n) is 8.76. The molecule has 1 aliphatic heterocycles. The monoisotopic (exact) mass is 253 g/mol. The van der Waals surface area contributed by atoms with Gasteiger partial charge in [-0.05, 0) is 30.2 Å². The molecule has 1 aromatic rings. The van der Waals surface area contributed by atoms with E-state index in [0.717, 1.165) is 5.92 Å². The number of hydrogen-bond acceptors (Lipinski definition) is 1. The van der Waals surface area contributed by atoms with Crippen molar-refractivity contribution in [2.24, 2.45) is 0 Å². The van der Waals surface area contributed by atoms with E-state index in [0.29, 0.717) is 0 Å². The van der Waals surface area contributed by atoms with Crippen LogP contribution in [-0.2, 0) is 0 Å². The van der Waals surface area contributed by atoms with Crippen LogP contribution in [-0.4, -0.2) is 13.6 Å². The fraction of sp³-hybridized carbons (Fsp3) is 0.500. The summed E-state index contributed by atoms with van der Waals surface area (Å²) < 4.78 is 1.20. The van der Waals surface area contributed by atoms with Gasteiger partial charge in [0.2, 0.25) is 0 Å². The predicted molar refractivity (Wildman–Crippen MR) is 65.1 cm³/mol. The van der Waals surface area contributed by atoms with Crippen LogP contribution in [0.3, 0.4) is 0 Å². The molecule has 0 saturated heterocycles. The summed E-state index contributed by atoms with van der Waals surface area (Å²) in [6.45, 7) is 3.44. The molecule has 76 valence electrons. The van der Waals surface area contributed by atoms with Gasteiger partial charge in [-0.25, -0.2) is 0 Å². The molecule has 0 aromatic heterocycles. The summed E-state index contributed by atoms with van der Waals surface area (Å²) >= 11 is 3.54. The van der Waals surface area contributed by atoms with E-state index in [-0.39, 0.29) is 0 Å². The molecule has 1 aliphatic rings. The largest absolute Gasteiger partial charge is 0.374 e. The first kappa shape index (κ1) is 10.0. The van der Waals surface area contributed by atoms with Gasteiger partial charge in [0.15, 0.2) is 0 Å². The first-order valence-corrected chi connectivity index (χ1v) is 6.02. The Morgan fingerprint density at radius 1 is 1.50 bits per heavy atom. The van der Waals surface area contributed by atoms with Crippen molar-refractivity contribution >= 4 is 21.6 Å². The molecule has 0 saturated carbocycles. The number of likely N-dealkylation sites (N-methyl/N-ethyl adjacent to an activating group) is 1. The Morgan fingerprint density at radius 2 is 2.29 bits per heavy atom. The number of halogens is 1. The Balaban J connectivity index is 2.35. The zero-order valence-corrected chi connectivity index (χ0v) is 10.3. The predicted octanol–water partition coefficient (Wildman–Crippen LogP) is 3.78. The van der Waals surface area contributed by atoms with E-state index in [1.807, 2.05) is 0 Å². The third kappa shape index (κ3) is 1.68. The fourth-order valence-corrected chi connectivity index (χ4v) is 2.70. The maximum Gasteiger partial charge on any atom is 0.0400 e. The summed E-state index contributed by atoms with van der Waals surface area (Å²) in [4.78, 5) is 2.36. The van der Waals surface area contributed by atoms with Gasteiger partial charge >= 0.3 is 0 Å². The third-order valence-corrected chi connectivity index (χ3v) is 3.47. The molecule has 1 unspecified atom stereocenters. The second kappa shape index (κ2) is 3.93. The van der Waals surface area contributed by atoms with Crippen molar-refractivity contribution in [3.63, 3.8) is 0 Å². The van der Waals surface area contributed by atoms with Gasteiger partial charge in [0.1, 0.15) is 0 Å². The molecule has 2 heteroatoms. The van der Waals surface area contributed by atoms with Gasteiger partial charge in [0, 0.05) is 29.7 Å². The van der Waals surface area contributed by atoms with E-state index in [2.05, 4.69) is 53.0 Å². The second-order valence-electron chi connectivity index (χ2n) is 4.07. The summed E-state index contributed by atoms with van der Waals surface area (Å²) in [5.74, 6) is 0.734. The van der Waals surface area contributed by atoms with Crippen LogP contribution >= 0.6 is 15.9 Å². The van der Waals surface area contributed by atoms with Crippen LogP contribution < -0.4 is 4.90 Å². The van der Waals surface area contributed by atoms with Crippen molar-refractivity contribution in [3.8, 4) is 0 Å². The van der Waals surface area contributed by atoms with Crippen LogP contribution in [0, 0.1) is 0 Å². The van der Waals surface area contributed by atoms with Gasteiger partial charge in [-0.2, -0.15) is 0 Å². The molecule has 0 N–H and O–H groups in total. The van der Waals surface area contributed by atoms with Gasteiger partial charge in [0.05, 0.1) is 0 Å². The summed E-state index contributed by atoms with van der Waals surface area (Å²) in [6.07, 6.45) is 2.57. The van der Waals surface area contributed by atoms with Gasteiger partial charge < -0.3 is 4.90 Å².